The van der Waals surface area contributed by atoms with Crippen LogP contribution in [-0.2, 0) is 19.0 Å². The van der Waals surface area contributed by atoms with Crippen LogP contribution in [0.4, 0.5) is 13.2 Å². The smallest absolute Gasteiger partial charge is 0.339 e. The van der Waals surface area contributed by atoms with Crippen molar-refractivity contribution in [1.29, 1.82) is 0 Å². The second-order valence-electron chi connectivity index (χ2n) is 9.65. The van der Waals surface area contributed by atoms with E-state index in [1.807, 2.05) is 0 Å². The first-order chi connectivity index (χ1) is 15.9. The van der Waals surface area contributed by atoms with Gasteiger partial charge in [0.15, 0.2) is 0 Å². The predicted octanol–water partition coefficient (Wildman–Crippen LogP) is 5.07. The molecule has 2 aliphatic heterocycles. The number of aromatic nitrogens is 1. The Hall–Kier alpha value is -2.41. The fourth-order valence-corrected chi connectivity index (χ4v) is 5.42. The Morgan fingerprint density at radius 2 is 1.64 bits per heavy atom. The highest BCUT2D eigenvalue weighted by Crippen LogP contribution is 2.33. The minimum absolute atomic E-state index is 0.211. The Bertz CT molecular complexity index is 993. The number of carbonyl (C=O) groups is 1. The number of fused-ring (bicyclic) bond motifs is 1. The predicted molar refractivity (Wildman–Crippen MR) is 120 cm³/mol. The zero-order valence-corrected chi connectivity index (χ0v) is 18.8. The van der Waals surface area contributed by atoms with Crippen molar-refractivity contribution < 1.29 is 18.0 Å². The third-order valence-corrected chi connectivity index (χ3v) is 7.71. The minimum Gasteiger partial charge on any atom is -0.339 e. The van der Waals surface area contributed by atoms with Gasteiger partial charge in [-0.2, -0.15) is 13.2 Å². The number of alkyl halides is 3. The summed E-state index contributed by atoms with van der Waals surface area (Å²) in [4.78, 5) is 20.6. The summed E-state index contributed by atoms with van der Waals surface area (Å²) in [6, 6.07) is 9.85. The van der Waals surface area contributed by atoms with E-state index in [1.54, 1.807) is 4.90 Å². The lowest BCUT2D eigenvalue weighted by Gasteiger charge is -2.36. The third-order valence-electron chi connectivity index (χ3n) is 7.71. The van der Waals surface area contributed by atoms with Crippen LogP contribution >= 0.6 is 0 Å². The Morgan fingerprint density at radius 3 is 2.24 bits per heavy atom. The Labute approximate surface area is 192 Å². The third kappa shape index (κ3) is 4.79. The maximum Gasteiger partial charge on any atom is 0.433 e. The summed E-state index contributed by atoms with van der Waals surface area (Å²) in [6.07, 6.45) is 4.58. The average molecular weight is 458 g/mol. The summed E-state index contributed by atoms with van der Waals surface area (Å²) in [5, 5.41) is 0. The van der Waals surface area contributed by atoms with Crippen LogP contribution < -0.4 is 0 Å². The first kappa shape index (κ1) is 22.4. The van der Waals surface area contributed by atoms with Gasteiger partial charge in [0.1, 0.15) is 5.69 Å². The van der Waals surface area contributed by atoms with Crippen molar-refractivity contribution in [2.24, 2.45) is 0 Å². The molecule has 1 amide bonds. The second-order valence-corrected chi connectivity index (χ2v) is 9.65. The van der Waals surface area contributed by atoms with Gasteiger partial charge in [0.05, 0.1) is 5.56 Å². The molecule has 7 heteroatoms. The average Bonchev–Trinajstić information content (AvgIpc) is 2.99. The van der Waals surface area contributed by atoms with Gasteiger partial charge in [0, 0.05) is 38.4 Å². The number of pyridine rings is 1. The van der Waals surface area contributed by atoms with Gasteiger partial charge in [0.2, 0.25) is 0 Å². The molecule has 1 aromatic carbocycles. The van der Waals surface area contributed by atoms with E-state index < -0.39 is 11.9 Å². The molecule has 0 bridgehead atoms. The van der Waals surface area contributed by atoms with E-state index in [1.165, 1.54) is 42.0 Å². The molecule has 0 unspecified atom stereocenters. The minimum atomic E-state index is -4.50. The number of halogens is 3. The lowest BCUT2D eigenvalue weighted by Crippen LogP contribution is -2.41. The monoisotopic (exact) mass is 457 g/mol. The highest BCUT2D eigenvalue weighted by atomic mass is 19.4. The fraction of sp³-hybridized carbons (Fsp3) is 0.538. The SMILES string of the molecule is O=C(c1ccc(C(F)(F)F)nc1)N1CCC(c2ccc3c(c2)CCN(C2CCC2)CC3)CC1. The molecule has 0 radical (unpaired) electrons. The number of hydrogen-bond acceptors (Lipinski definition) is 3. The van der Waals surface area contributed by atoms with Gasteiger partial charge >= 0.3 is 6.18 Å². The number of amides is 1. The van der Waals surface area contributed by atoms with Crippen LogP contribution in [0, 0.1) is 0 Å². The molecule has 1 saturated heterocycles. The second kappa shape index (κ2) is 9.09. The van der Waals surface area contributed by atoms with Crippen LogP contribution in [0.25, 0.3) is 0 Å². The summed E-state index contributed by atoms with van der Waals surface area (Å²) < 4.78 is 38.2. The summed E-state index contributed by atoms with van der Waals surface area (Å²) in [7, 11) is 0. The topological polar surface area (TPSA) is 36.4 Å². The summed E-state index contributed by atoms with van der Waals surface area (Å²) >= 11 is 0. The molecule has 1 saturated carbocycles. The molecule has 2 aromatic rings. The van der Waals surface area contributed by atoms with Crippen LogP contribution in [0.2, 0.25) is 0 Å². The molecule has 176 valence electrons. The molecule has 1 aromatic heterocycles. The number of nitrogens with zero attached hydrogens (tertiary/aromatic N) is 3. The normalized spacial score (nSPS) is 20.8. The van der Waals surface area contributed by atoms with Gasteiger partial charge in [0.25, 0.3) is 5.91 Å². The van der Waals surface area contributed by atoms with E-state index in [9.17, 15) is 18.0 Å². The molecular formula is C26H30F3N3O. The lowest BCUT2D eigenvalue weighted by atomic mass is 9.86. The maximum atomic E-state index is 12.7. The standard InChI is InChI=1S/C26H30F3N3O/c27-26(28,29)24-7-6-22(17-30-24)25(33)32-14-9-19(10-15-32)20-5-4-18-8-12-31(23-2-1-3-23)13-11-21(18)16-20/h4-7,16-17,19,23H,1-3,8-15H2. The number of rotatable bonds is 3. The van der Waals surface area contributed by atoms with Crippen molar-refractivity contribution in [3.63, 3.8) is 0 Å². The van der Waals surface area contributed by atoms with Crippen molar-refractivity contribution in [3.8, 4) is 0 Å². The molecule has 5 rings (SSSR count). The van der Waals surface area contributed by atoms with Crippen LogP contribution in [0.15, 0.2) is 36.5 Å². The Balaban J connectivity index is 1.19. The molecule has 2 fully saturated rings. The number of hydrogen-bond donors (Lipinski definition) is 0. The van der Waals surface area contributed by atoms with E-state index in [-0.39, 0.29) is 11.5 Å². The first-order valence-electron chi connectivity index (χ1n) is 12.1. The Morgan fingerprint density at radius 1 is 0.909 bits per heavy atom. The highest BCUT2D eigenvalue weighted by Gasteiger charge is 2.33. The van der Waals surface area contributed by atoms with Gasteiger partial charge in [-0.15, -0.1) is 0 Å². The van der Waals surface area contributed by atoms with Crippen LogP contribution in [0.1, 0.15) is 70.8 Å². The molecule has 33 heavy (non-hydrogen) atoms. The quantitative estimate of drug-likeness (QED) is 0.646. The number of benzene rings is 1. The summed E-state index contributed by atoms with van der Waals surface area (Å²) in [5.74, 6) is 0.170. The number of carbonyl (C=O) groups excluding carboxylic acids is 1. The fourth-order valence-electron chi connectivity index (χ4n) is 5.42. The van der Waals surface area contributed by atoms with Crippen molar-refractivity contribution in [3.05, 3.63) is 64.5 Å². The highest BCUT2D eigenvalue weighted by molar-refractivity contribution is 5.94. The van der Waals surface area contributed by atoms with Gasteiger partial charge in [-0.1, -0.05) is 24.6 Å². The van der Waals surface area contributed by atoms with E-state index >= 15 is 0 Å². The zero-order chi connectivity index (χ0) is 23.0. The molecule has 1 aliphatic carbocycles. The van der Waals surface area contributed by atoms with Crippen molar-refractivity contribution in [1.82, 2.24) is 14.8 Å². The van der Waals surface area contributed by atoms with Crippen LogP contribution in [-0.4, -0.2) is 52.9 Å². The molecule has 3 heterocycles. The van der Waals surface area contributed by atoms with Gasteiger partial charge in [-0.3, -0.25) is 14.7 Å². The lowest BCUT2D eigenvalue weighted by molar-refractivity contribution is -0.141. The van der Waals surface area contributed by atoms with E-state index in [4.69, 9.17) is 0 Å². The molecule has 0 N–H and O–H groups in total. The first-order valence-corrected chi connectivity index (χ1v) is 12.1. The van der Waals surface area contributed by atoms with E-state index in [0.717, 1.165) is 57.1 Å². The number of likely N-dealkylation sites (tertiary alicyclic amines) is 1. The molecule has 0 atom stereocenters. The van der Waals surface area contributed by atoms with Crippen molar-refractivity contribution in [2.75, 3.05) is 26.2 Å². The largest absolute Gasteiger partial charge is 0.433 e. The summed E-state index contributed by atoms with van der Waals surface area (Å²) in [6.45, 7) is 3.53. The van der Waals surface area contributed by atoms with Crippen LogP contribution in [0.5, 0.6) is 0 Å². The van der Waals surface area contributed by atoms with Gasteiger partial charge in [-0.05, 0) is 73.3 Å². The van der Waals surface area contributed by atoms with Gasteiger partial charge in [-0.25, -0.2) is 0 Å². The zero-order valence-electron chi connectivity index (χ0n) is 18.8. The van der Waals surface area contributed by atoms with E-state index in [2.05, 4.69) is 28.1 Å². The van der Waals surface area contributed by atoms with Gasteiger partial charge < -0.3 is 4.90 Å². The Kier molecular flexibility index (Phi) is 6.16. The van der Waals surface area contributed by atoms with E-state index in [0.29, 0.717) is 19.0 Å². The van der Waals surface area contributed by atoms with Crippen molar-refractivity contribution in [2.45, 2.75) is 63.1 Å². The molecule has 3 aliphatic rings. The van der Waals surface area contributed by atoms with Crippen LogP contribution in [0.3, 0.4) is 0 Å². The molecule has 4 nitrogen and oxygen atoms in total. The molecular weight excluding hydrogens is 427 g/mol. The maximum absolute atomic E-state index is 12.7. The number of piperidine rings is 1. The van der Waals surface area contributed by atoms with Crippen molar-refractivity contribution >= 4 is 5.91 Å². The summed E-state index contributed by atoms with van der Waals surface area (Å²) in [5.41, 5.74) is 3.54. The molecule has 0 spiro atoms.